The van der Waals surface area contributed by atoms with Crippen molar-refractivity contribution >= 4 is 22.9 Å². The first-order valence-corrected chi connectivity index (χ1v) is 8.72. The highest BCUT2D eigenvalue weighted by Gasteiger charge is 2.10. The van der Waals surface area contributed by atoms with Gasteiger partial charge in [-0.1, -0.05) is 24.3 Å². The lowest BCUT2D eigenvalue weighted by molar-refractivity contribution is -0.117. The van der Waals surface area contributed by atoms with Crippen molar-refractivity contribution in [2.45, 2.75) is 13.3 Å². The van der Waals surface area contributed by atoms with E-state index in [0.717, 1.165) is 33.3 Å². The van der Waals surface area contributed by atoms with Crippen LogP contribution in [0.15, 0.2) is 54.2 Å². The number of hydrogen-bond acceptors (Lipinski definition) is 3. The van der Waals surface area contributed by atoms with Crippen molar-refractivity contribution in [3.63, 3.8) is 0 Å². The summed E-state index contributed by atoms with van der Waals surface area (Å²) < 4.78 is 5.23. The van der Waals surface area contributed by atoms with Crippen LogP contribution in [0.2, 0.25) is 0 Å². The molecule has 0 aliphatic carbocycles. The maximum Gasteiger partial charge on any atom is 0.261 e. The Morgan fingerprint density at radius 3 is 2.85 bits per heavy atom. The standard InChI is InChI=1S/C22H21N3O2/c1-15-11-16(7-8-21(15)27-2)12-18(13-23)22(26)24-10-9-17-14-25-20-6-4-3-5-19(17)20/h3-8,11-12,14,25H,9-10H2,1-2H3,(H,24,26)/b18-12+. The molecule has 0 aliphatic heterocycles. The van der Waals surface area contributed by atoms with Gasteiger partial charge in [-0.25, -0.2) is 0 Å². The number of nitrogens with one attached hydrogen (secondary N) is 2. The zero-order valence-electron chi connectivity index (χ0n) is 15.4. The number of ether oxygens (including phenoxy) is 1. The molecular formula is C22H21N3O2. The molecule has 0 unspecified atom stereocenters. The van der Waals surface area contributed by atoms with Gasteiger partial charge in [0, 0.05) is 23.6 Å². The summed E-state index contributed by atoms with van der Waals surface area (Å²) in [5.41, 5.74) is 4.03. The van der Waals surface area contributed by atoms with Crippen molar-refractivity contribution in [3.05, 3.63) is 70.9 Å². The molecule has 2 aromatic carbocycles. The molecule has 3 aromatic rings. The third kappa shape index (κ3) is 4.18. The number of H-pyrrole nitrogens is 1. The van der Waals surface area contributed by atoms with E-state index < -0.39 is 0 Å². The van der Waals surface area contributed by atoms with Crippen molar-refractivity contribution in [1.29, 1.82) is 5.26 Å². The molecule has 0 spiro atoms. The number of rotatable bonds is 6. The van der Waals surface area contributed by atoms with Crippen molar-refractivity contribution in [2.24, 2.45) is 0 Å². The Labute approximate surface area is 158 Å². The van der Waals surface area contributed by atoms with Crippen LogP contribution in [-0.2, 0) is 11.2 Å². The van der Waals surface area contributed by atoms with E-state index in [1.165, 1.54) is 0 Å². The highest BCUT2D eigenvalue weighted by molar-refractivity contribution is 6.01. The maximum atomic E-state index is 12.3. The van der Waals surface area contributed by atoms with Crippen LogP contribution >= 0.6 is 0 Å². The van der Waals surface area contributed by atoms with Crippen molar-refractivity contribution in [3.8, 4) is 11.8 Å². The smallest absolute Gasteiger partial charge is 0.261 e. The van der Waals surface area contributed by atoms with Gasteiger partial charge in [0.2, 0.25) is 0 Å². The highest BCUT2D eigenvalue weighted by atomic mass is 16.5. The lowest BCUT2D eigenvalue weighted by atomic mass is 10.1. The maximum absolute atomic E-state index is 12.3. The molecule has 0 radical (unpaired) electrons. The van der Waals surface area contributed by atoms with Crippen molar-refractivity contribution in [1.82, 2.24) is 10.3 Å². The number of benzene rings is 2. The van der Waals surface area contributed by atoms with E-state index in [1.807, 2.05) is 55.6 Å². The van der Waals surface area contributed by atoms with Gasteiger partial charge < -0.3 is 15.0 Å². The molecule has 2 N–H and O–H groups in total. The number of fused-ring (bicyclic) bond motifs is 1. The molecule has 0 aliphatic rings. The van der Waals surface area contributed by atoms with Crippen LogP contribution in [0.25, 0.3) is 17.0 Å². The molecule has 27 heavy (non-hydrogen) atoms. The Morgan fingerprint density at radius 1 is 1.30 bits per heavy atom. The number of aromatic amines is 1. The zero-order valence-corrected chi connectivity index (χ0v) is 15.4. The second-order valence-electron chi connectivity index (χ2n) is 6.26. The van der Waals surface area contributed by atoms with Gasteiger partial charge >= 0.3 is 0 Å². The Hall–Kier alpha value is -3.52. The van der Waals surface area contributed by atoms with Gasteiger partial charge in [0.1, 0.15) is 17.4 Å². The third-order valence-corrected chi connectivity index (χ3v) is 4.45. The number of aromatic nitrogens is 1. The highest BCUT2D eigenvalue weighted by Crippen LogP contribution is 2.20. The number of nitriles is 1. The SMILES string of the molecule is COc1ccc(/C=C(\C#N)C(=O)NCCc2c[nH]c3ccccc23)cc1C. The van der Waals surface area contributed by atoms with Crippen molar-refractivity contribution in [2.75, 3.05) is 13.7 Å². The summed E-state index contributed by atoms with van der Waals surface area (Å²) in [7, 11) is 1.61. The minimum atomic E-state index is -0.370. The van der Waals surface area contributed by atoms with Crippen LogP contribution in [0.5, 0.6) is 5.75 Å². The summed E-state index contributed by atoms with van der Waals surface area (Å²) >= 11 is 0. The van der Waals surface area contributed by atoms with Crippen LogP contribution in [-0.4, -0.2) is 24.5 Å². The number of aryl methyl sites for hydroxylation is 1. The fraction of sp³-hybridized carbons (Fsp3) is 0.182. The van der Waals surface area contributed by atoms with Gasteiger partial charge in [0.25, 0.3) is 5.91 Å². The fourth-order valence-electron chi connectivity index (χ4n) is 3.05. The number of para-hydroxylation sites is 1. The minimum absolute atomic E-state index is 0.0819. The average molecular weight is 359 g/mol. The molecular weight excluding hydrogens is 338 g/mol. The van der Waals surface area contributed by atoms with Crippen LogP contribution < -0.4 is 10.1 Å². The first-order valence-electron chi connectivity index (χ1n) is 8.72. The molecule has 136 valence electrons. The summed E-state index contributed by atoms with van der Waals surface area (Å²) in [4.78, 5) is 15.6. The van der Waals surface area contributed by atoms with Gasteiger partial charge in [-0.15, -0.1) is 0 Å². The van der Waals surface area contributed by atoms with Crippen LogP contribution in [0, 0.1) is 18.3 Å². The zero-order chi connectivity index (χ0) is 19.2. The molecule has 0 saturated heterocycles. The van der Waals surface area contributed by atoms with E-state index in [1.54, 1.807) is 13.2 Å². The Morgan fingerprint density at radius 2 is 2.11 bits per heavy atom. The molecule has 1 heterocycles. The van der Waals surface area contributed by atoms with E-state index in [9.17, 15) is 10.1 Å². The lowest BCUT2D eigenvalue weighted by Crippen LogP contribution is -2.26. The number of hydrogen-bond donors (Lipinski definition) is 2. The minimum Gasteiger partial charge on any atom is -0.496 e. The van der Waals surface area contributed by atoms with Crippen LogP contribution in [0.4, 0.5) is 0 Å². The lowest BCUT2D eigenvalue weighted by Gasteiger charge is -2.06. The third-order valence-electron chi connectivity index (χ3n) is 4.45. The number of amides is 1. The summed E-state index contributed by atoms with van der Waals surface area (Å²) in [5.74, 6) is 0.402. The number of nitrogens with zero attached hydrogens (tertiary/aromatic N) is 1. The normalized spacial score (nSPS) is 11.2. The molecule has 5 nitrogen and oxygen atoms in total. The first kappa shape index (κ1) is 18.3. The van der Waals surface area contributed by atoms with Gasteiger partial charge in [-0.05, 0) is 54.3 Å². The Bertz CT molecular complexity index is 1040. The van der Waals surface area contributed by atoms with Crippen LogP contribution in [0.3, 0.4) is 0 Å². The van der Waals surface area contributed by atoms with E-state index in [-0.39, 0.29) is 11.5 Å². The Balaban J connectivity index is 1.65. The Kier molecular flexibility index (Phi) is 5.58. The largest absolute Gasteiger partial charge is 0.496 e. The number of methoxy groups -OCH3 is 1. The van der Waals surface area contributed by atoms with Crippen molar-refractivity contribution < 1.29 is 9.53 Å². The summed E-state index contributed by atoms with van der Waals surface area (Å²) in [6.07, 6.45) is 4.24. The van der Waals surface area contributed by atoms with E-state index in [2.05, 4.69) is 16.4 Å². The average Bonchev–Trinajstić information content (AvgIpc) is 3.09. The monoisotopic (exact) mass is 359 g/mol. The second kappa shape index (κ2) is 8.24. The van der Waals surface area contributed by atoms with E-state index in [0.29, 0.717) is 13.0 Å². The van der Waals surface area contributed by atoms with Crippen LogP contribution in [0.1, 0.15) is 16.7 Å². The van der Waals surface area contributed by atoms with E-state index in [4.69, 9.17) is 4.74 Å². The molecule has 0 atom stereocenters. The molecule has 0 bridgehead atoms. The predicted octanol–water partition coefficient (Wildman–Crippen LogP) is 3.75. The molecule has 0 saturated carbocycles. The molecule has 3 rings (SSSR count). The van der Waals surface area contributed by atoms with Gasteiger partial charge in [0.05, 0.1) is 7.11 Å². The molecule has 1 aromatic heterocycles. The summed E-state index contributed by atoms with van der Waals surface area (Å²) in [6, 6.07) is 15.6. The number of carbonyl (C=O) groups is 1. The molecule has 5 heteroatoms. The van der Waals surface area contributed by atoms with Gasteiger partial charge in [0.15, 0.2) is 0 Å². The summed E-state index contributed by atoms with van der Waals surface area (Å²) in [6.45, 7) is 2.38. The van der Waals surface area contributed by atoms with E-state index >= 15 is 0 Å². The van der Waals surface area contributed by atoms with Gasteiger partial charge in [-0.3, -0.25) is 4.79 Å². The summed E-state index contributed by atoms with van der Waals surface area (Å²) in [5, 5.41) is 13.3. The first-order chi connectivity index (χ1) is 13.1. The van der Waals surface area contributed by atoms with Gasteiger partial charge in [-0.2, -0.15) is 5.26 Å². The quantitative estimate of drug-likeness (QED) is 0.520. The molecule has 1 amide bonds. The second-order valence-corrected chi connectivity index (χ2v) is 6.26. The topological polar surface area (TPSA) is 77.9 Å². The fourth-order valence-corrected chi connectivity index (χ4v) is 3.05. The predicted molar refractivity (Wildman–Crippen MR) is 106 cm³/mol. The number of carbonyl (C=O) groups excluding carboxylic acids is 1. The molecule has 0 fully saturated rings.